The first-order chi connectivity index (χ1) is 12.2. The smallest absolute Gasteiger partial charge is 0.259 e. The van der Waals surface area contributed by atoms with Crippen LogP contribution in [-0.2, 0) is 6.42 Å². The van der Waals surface area contributed by atoms with Crippen LogP contribution >= 0.6 is 0 Å². The van der Waals surface area contributed by atoms with Crippen LogP contribution in [0.1, 0.15) is 43.9 Å². The number of nitrogens with zero attached hydrogens (tertiary/aromatic N) is 5. The number of aromatic nitrogens is 4. The van der Waals surface area contributed by atoms with E-state index in [1.165, 1.54) is 0 Å². The summed E-state index contributed by atoms with van der Waals surface area (Å²) in [4.78, 5) is 19.6. The average molecular weight is 340 g/mol. The van der Waals surface area contributed by atoms with Crippen LogP contribution in [0.15, 0.2) is 18.3 Å². The fourth-order valence-corrected chi connectivity index (χ4v) is 3.18. The van der Waals surface area contributed by atoms with Crippen LogP contribution in [0.25, 0.3) is 16.7 Å². The zero-order valence-corrected chi connectivity index (χ0v) is 15.2. The molecule has 3 aromatic rings. The van der Waals surface area contributed by atoms with Gasteiger partial charge in [0.25, 0.3) is 5.91 Å². The maximum Gasteiger partial charge on any atom is 0.259 e. The number of pyridine rings is 2. The van der Waals surface area contributed by atoms with Gasteiger partial charge in [0.15, 0.2) is 5.65 Å². The summed E-state index contributed by atoms with van der Waals surface area (Å²) >= 11 is 0. The minimum Gasteiger partial charge on any atom is -0.384 e. The number of rotatable bonds is 6. The Morgan fingerprint density at radius 1 is 1.16 bits per heavy atom. The van der Waals surface area contributed by atoms with E-state index >= 15 is 0 Å². The van der Waals surface area contributed by atoms with E-state index < -0.39 is 0 Å². The first-order valence-electron chi connectivity index (χ1n) is 8.85. The second-order valence-corrected chi connectivity index (χ2v) is 5.76. The predicted octanol–water partition coefficient (Wildman–Crippen LogP) is 2.75. The van der Waals surface area contributed by atoms with Gasteiger partial charge in [-0.05, 0) is 32.9 Å². The molecule has 0 saturated heterocycles. The number of anilines is 1. The first-order valence-corrected chi connectivity index (χ1v) is 8.85. The van der Waals surface area contributed by atoms with E-state index in [9.17, 15) is 4.79 Å². The molecule has 0 aliphatic carbocycles. The Hall–Kier alpha value is -2.70. The lowest BCUT2D eigenvalue weighted by molar-refractivity contribution is 0.0775. The molecular weight excluding hydrogens is 316 g/mol. The molecule has 3 aromatic heterocycles. The molecule has 0 unspecified atom stereocenters. The van der Waals surface area contributed by atoms with Crippen molar-refractivity contribution in [1.82, 2.24) is 24.5 Å². The molecule has 25 heavy (non-hydrogen) atoms. The Balaban J connectivity index is 2.45. The van der Waals surface area contributed by atoms with Crippen molar-refractivity contribution in [3.05, 3.63) is 29.7 Å². The molecule has 3 rings (SSSR count). The molecular formula is C18H24N6O. The van der Waals surface area contributed by atoms with Crippen molar-refractivity contribution < 1.29 is 4.79 Å². The summed E-state index contributed by atoms with van der Waals surface area (Å²) in [7, 11) is 0. The van der Waals surface area contributed by atoms with Crippen LogP contribution < -0.4 is 5.32 Å². The van der Waals surface area contributed by atoms with Crippen molar-refractivity contribution in [3.8, 4) is 0 Å². The van der Waals surface area contributed by atoms with Gasteiger partial charge >= 0.3 is 0 Å². The Kier molecular flexibility index (Phi) is 4.83. The van der Waals surface area contributed by atoms with Gasteiger partial charge in [0.1, 0.15) is 17.0 Å². The van der Waals surface area contributed by atoms with Gasteiger partial charge in [0, 0.05) is 37.6 Å². The van der Waals surface area contributed by atoms with Crippen LogP contribution in [0.4, 0.5) is 5.69 Å². The quantitative estimate of drug-likeness (QED) is 0.747. The highest BCUT2D eigenvalue weighted by Gasteiger charge is 2.26. The minimum absolute atomic E-state index is 0.0354. The van der Waals surface area contributed by atoms with E-state index in [0.29, 0.717) is 37.3 Å². The van der Waals surface area contributed by atoms with Gasteiger partial charge in [-0.25, -0.2) is 4.98 Å². The van der Waals surface area contributed by atoms with Crippen molar-refractivity contribution in [2.45, 2.75) is 34.1 Å². The third kappa shape index (κ3) is 2.69. The van der Waals surface area contributed by atoms with E-state index in [1.54, 1.807) is 11.1 Å². The summed E-state index contributed by atoms with van der Waals surface area (Å²) in [6.07, 6.45) is 2.47. The van der Waals surface area contributed by atoms with Crippen molar-refractivity contribution >= 4 is 28.3 Å². The Bertz CT molecular complexity index is 913. The van der Waals surface area contributed by atoms with Crippen LogP contribution in [0.2, 0.25) is 0 Å². The molecule has 7 heteroatoms. The van der Waals surface area contributed by atoms with Gasteiger partial charge in [0.2, 0.25) is 0 Å². The van der Waals surface area contributed by atoms with Crippen LogP contribution in [0.5, 0.6) is 0 Å². The molecule has 0 atom stereocenters. The number of nitrogens with one attached hydrogen (secondary N) is 1. The predicted molar refractivity (Wildman–Crippen MR) is 99.1 cm³/mol. The summed E-state index contributed by atoms with van der Waals surface area (Å²) in [6, 6.07) is 3.87. The summed E-state index contributed by atoms with van der Waals surface area (Å²) < 4.78 is 1.91. The van der Waals surface area contributed by atoms with Crippen LogP contribution in [0, 0.1) is 0 Å². The molecule has 7 nitrogen and oxygen atoms in total. The molecule has 0 aromatic carbocycles. The van der Waals surface area contributed by atoms with Gasteiger partial charge in [-0.2, -0.15) is 0 Å². The third-order valence-electron chi connectivity index (χ3n) is 4.41. The molecule has 0 aliphatic rings. The molecule has 0 saturated carbocycles. The fraction of sp³-hybridized carbons (Fsp3) is 0.444. The van der Waals surface area contributed by atoms with Gasteiger partial charge < -0.3 is 10.2 Å². The molecule has 3 heterocycles. The normalized spacial score (nSPS) is 11.2. The zero-order chi connectivity index (χ0) is 18.0. The van der Waals surface area contributed by atoms with Crippen molar-refractivity contribution in [3.63, 3.8) is 0 Å². The van der Waals surface area contributed by atoms with Crippen LogP contribution in [-0.4, -0.2) is 50.0 Å². The fourth-order valence-electron chi connectivity index (χ4n) is 3.18. The van der Waals surface area contributed by atoms with E-state index in [1.807, 2.05) is 44.2 Å². The SMILES string of the molecule is CCNc1c(C(=O)N(CC)CC)c2nnc(CC)n2c2ncccc12. The highest BCUT2D eigenvalue weighted by molar-refractivity contribution is 6.11. The molecule has 132 valence electrons. The standard InChI is InChI=1S/C18H24N6O/c1-5-13-21-22-17-14(18(25)23(7-3)8-4)15(19-6-2)12-10-9-11-20-16(12)24(13)17/h9-11,19H,5-8H2,1-4H3. The van der Waals surface area contributed by atoms with Gasteiger partial charge in [-0.15, -0.1) is 10.2 Å². The number of hydrogen-bond acceptors (Lipinski definition) is 5. The van der Waals surface area contributed by atoms with E-state index in [-0.39, 0.29) is 5.91 Å². The molecule has 1 N–H and O–H groups in total. The Morgan fingerprint density at radius 2 is 1.92 bits per heavy atom. The second kappa shape index (κ2) is 7.04. The lowest BCUT2D eigenvalue weighted by atomic mass is 10.1. The van der Waals surface area contributed by atoms with Crippen molar-refractivity contribution in [1.29, 1.82) is 0 Å². The molecule has 0 bridgehead atoms. The Morgan fingerprint density at radius 3 is 2.56 bits per heavy atom. The molecule has 0 fully saturated rings. The van der Waals surface area contributed by atoms with E-state index in [0.717, 1.165) is 22.5 Å². The number of hydrogen-bond donors (Lipinski definition) is 1. The lowest BCUT2D eigenvalue weighted by Gasteiger charge is -2.22. The topological polar surface area (TPSA) is 75.4 Å². The van der Waals surface area contributed by atoms with Crippen molar-refractivity contribution in [2.24, 2.45) is 0 Å². The minimum atomic E-state index is -0.0354. The number of aryl methyl sites for hydroxylation is 1. The summed E-state index contributed by atoms with van der Waals surface area (Å²) in [5.74, 6) is 0.766. The largest absolute Gasteiger partial charge is 0.384 e. The number of carbonyl (C=O) groups is 1. The van der Waals surface area contributed by atoms with Gasteiger partial charge in [0.05, 0.1) is 5.69 Å². The molecule has 0 aliphatic heterocycles. The van der Waals surface area contributed by atoms with Crippen LogP contribution in [0.3, 0.4) is 0 Å². The monoisotopic (exact) mass is 340 g/mol. The summed E-state index contributed by atoms with van der Waals surface area (Å²) in [6.45, 7) is 9.99. The maximum absolute atomic E-state index is 13.2. The molecule has 1 amide bonds. The number of amides is 1. The average Bonchev–Trinajstić information content (AvgIpc) is 3.07. The zero-order valence-electron chi connectivity index (χ0n) is 15.2. The molecule has 0 radical (unpaired) electrons. The highest BCUT2D eigenvalue weighted by Crippen LogP contribution is 2.31. The molecule has 0 spiro atoms. The lowest BCUT2D eigenvalue weighted by Crippen LogP contribution is -2.31. The van der Waals surface area contributed by atoms with Gasteiger partial charge in [-0.3, -0.25) is 9.20 Å². The maximum atomic E-state index is 13.2. The second-order valence-electron chi connectivity index (χ2n) is 5.76. The van der Waals surface area contributed by atoms with Gasteiger partial charge in [-0.1, -0.05) is 6.92 Å². The van der Waals surface area contributed by atoms with E-state index in [2.05, 4.69) is 20.5 Å². The number of fused-ring (bicyclic) bond motifs is 3. The first kappa shape index (κ1) is 17.1. The van der Waals surface area contributed by atoms with Crippen molar-refractivity contribution in [2.75, 3.05) is 25.0 Å². The van der Waals surface area contributed by atoms with E-state index in [4.69, 9.17) is 0 Å². The summed E-state index contributed by atoms with van der Waals surface area (Å²) in [5, 5.41) is 12.9. The Labute approximate surface area is 147 Å². The number of carbonyl (C=O) groups excluding carboxylic acids is 1. The third-order valence-corrected chi connectivity index (χ3v) is 4.41. The highest BCUT2D eigenvalue weighted by atomic mass is 16.2. The summed E-state index contributed by atoms with van der Waals surface area (Å²) in [5.41, 5.74) is 2.69.